The lowest BCUT2D eigenvalue weighted by atomic mass is 9.85. The summed E-state index contributed by atoms with van der Waals surface area (Å²) in [5, 5.41) is 7.05. The third-order valence-corrected chi connectivity index (χ3v) is 5.51. The molecule has 0 atom stereocenters. The van der Waals surface area contributed by atoms with Gasteiger partial charge in [-0.1, -0.05) is 0 Å². The van der Waals surface area contributed by atoms with Gasteiger partial charge in [0.2, 0.25) is 5.82 Å². The molecule has 0 spiro atoms. The van der Waals surface area contributed by atoms with E-state index in [9.17, 15) is 22.0 Å². The molecule has 4 rings (SSSR count). The average molecular weight is 417 g/mol. The van der Waals surface area contributed by atoms with Crippen LogP contribution < -0.4 is 5.73 Å². The van der Waals surface area contributed by atoms with Crippen LogP contribution in [-0.2, 0) is 19.3 Å². The smallest absolute Gasteiger partial charge is 0.330 e. The molecule has 0 radical (unpaired) electrons. The fourth-order valence-electron chi connectivity index (χ4n) is 3.87. The lowest BCUT2D eigenvalue weighted by Gasteiger charge is -2.38. The summed E-state index contributed by atoms with van der Waals surface area (Å²) >= 11 is 0. The van der Waals surface area contributed by atoms with Gasteiger partial charge in [-0.15, -0.1) is 10.2 Å². The van der Waals surface area contributed by atoms with Crippen LogP contribution in [-0.4, -0.2) is 38.8 Å². The van der Waals surface area contributed by atoms with Gasteiger partial charge in [0.25, 0.3) is 0 Å². The molecular formula is C19H24F5N5. The maximum absolute atomic E-state index is 12.8. The molecule has 0 amide bonds. The van der Waals surface area contributed by atoms with Crippen molar-refractivity contribution in [1.82, 2.24) is 19.7 Å². The fourth-order valence-corrected chi connectivity index (χ4v) is 3.87. The lowest BCUT2D eigenvalue weighted by molar-refractivity contribution is -0.148. The summed E-state index contributed by atoms with van der Waals surface area (Å²) in [6.07, 6.45) is -0.0623. The predicted molar refractivity (Wildman–Crippen MR) is 96.6 cm³/mol. The first kappa shape index (κ1) is 21.6. The number of hydrogen-bond acceptors (Lipinski definition) is 4. The average Bonchev–Trinajstić information content (AvgIpc) is 3.14. The van der Waals surface area contributed by atoms with Crippen LogP contribution in [0.5, 0.6) is 0 Å². The monoisotopic (exact) mass is 417 g/mol. The molecule has 0 unspecified atom stereocenters. The zero-order chi connectivity index (χ0) is 21.0. The zero-order valence-electron chi connectivity index (χ0n) is 15.9. The minimum absolute atomic E-state index is 0.313. The van der Waals surface area contributed by atoms with Gasteiger partial charge < -0.3 is 10.3 Å². The molecule has 10 heteroatoms. The van der Waals surface area contributed by atoms with Crippen molar-refractivity contribution in [3.8, 4) is 0 Å². The van der Waals surface area contributed by atoms with Crippen LogP contribution in [0.4, 0.5) is 22.0 Å². The highest BCUT2D eigenvalue weighted by molar-refractivity contribution is 5.05. The van der Waals surface area contributed by atoms with Crippen LogP contribution in [0.15, 0.2) is 24.3 Å². The van der Waals surface area contributed by atoms with Crippen molar-refractivity contribution < 1.29 is 22.0 Å². The van der Waals surface area contributed by atoms with Crippen molar-refractivity contribution in [3.05, 3.63) is 47.5 Å². The standard InChI is InChI=1S/C13H20F3N5.C6H4F2/c14-13(15,16)12-19-18-11-8-20(5-6-21(11)12)10-3-1-9(7-17)2-4-10;7-5-1-2-6(8)4-3-5/h9-10H,1-8,17H2;1-4H. The Bertz CT molecular complexity index is 760. The molecule has 2 N–H and O–H groups in total. The highest BCUT2D eigenvalue weighted by Crippen LogP contribution is 2.32. The van der Waals surface area contributed by atoms with E-state index in [1.807, 2.05) is 0 Å². The summed E-state index contributed by atoms with van der Waals surface area (Å²) < 4.78 is 63.4. The van der Waals surface area contributed by atoms with Crippen LogP contribution >= 0.6 is 0 Å². The maximum Gasteiger partial charge on any atom is 0.451 e. The normalized spacial score (nSPS) is 22.6. The van der Waals surface area contributed by atoms with Crippen molar-refractivity contribution >= 4 is 0 Å². The van der Waals surface area contributed by atoms with E-state index in [1.54, 1.807) is 0 Å². The Balaban J connectivity index is 0.000000252. The zero-order valence-corrected chi connectivity index (χ0v) is 15.9. The van der Waals surface area contributed by atoms with Crippen molar-refractivity contribution in [2.75, 3.05) is 13.1 Å². The molecule has 1 aliphatic carbocycles. The number of nitrogens with two attached hydrogens (primary N) is 1. The Morgan fingerprint density at radius 1 is 0.931 bits per heavy atom. The summed E-state index contributed by atoms with van der Waals surface area (Å²) in [7, 11) is 0. The maximum atomic E-state index is 12.8. The Labute approximate surface area is 165 Å². The molecule has 0 bridgehead atoms. The third kappa shape index (κ3) is 5.51. The summed E-state index contributed by atoms with van der Waals surface area (Å²) in [5.41, 5.74) is 5.69. The van der Waals surface area contributed by atoms with Crippen molar-refractivity contribution in [2.45, 2.75) is 51.0 Å². The Kier molecular flexibility index (Phi) is 6.84. The van der Waals surface area contributed by atoms with E-state index in [4.69, 9.17) is 5.73 Å². The van der Waals surface area contributed by atoms with E-state index in [2.05, 4.69) is 15.1 Å². The molecule has 1 aromatic carbocycles. The van der Waals surface area contributed by atoms with Gasteiger partial charge in [0, 0.05) is 19.1 Å². The van der Waals surface area contributed by atoms with Gasteiger partial charge in [-0.3, -0.25) is 4.90 Å². The Morgan fingerprint density at radius 3 is 2.03 bits per heavy atom. The van der Waals surface area contributed by atoms with Crippen LogP contribution in [0.1, 0.15) is 37.3 Å². The number of aromatic nitrogens is 3. The topological polar surface area (TPSA) is 60.0 Å². The van der Waals surface area contributed by atoms with Crippen LogP contribution in [0, 0.1) is 17.6 Å². The first-order valence-electron chi connectivity index (χ1n) is 9.62. The molecule has 2 aromatic rings. The van der Waals surface area contributed by atoms with Crippen LogP contribution in [0.3, 0.4) is 0 Å². The SMILES string of the molecule is Fc1ccc(F)cc1.NCC1CCC(N2CCn3c(nnc3C(F)(F)F)C2)CC1. The Hall–Kier alpha value is -2.07. The summed E-state index contributed by atoms with van der Waals surface area (Å²) in [5.74, 6) is -0.664. The fraction of sp³-hybridized carbons (Fsp3) is 0.579. The van der Waals surface area contributed by atoms with Crippen molar-refractivity contribution in [2.24, 2.45) is 11.7 Å². The second-order valence-electron chi connectivity index (χ2n) is 7.41. The molecular weight excluding hydrogens is 393 g/mol. The minimum atomic E-state index is -4.42. The molecule has 2 heterocycles. The molecule has 160 valence electrons. The van der Waals surface area contributed by atoms with E-state index in [0.717, 1.165) is 56.5 Å². The van der Waals surface area contributed by atoms with Crippen LogP contribution in [0.2, 0.25) is 0 Å². The van der Waals surface area contributed by atoms with Gasteiger partial charge in [-0.2, -0.15) is 13.2 Å². The molecule has 1 fully saturated rings. The van der Waals surface area contributed by atoms with Gasteiger partial charge in [0.05, 0.1) is 6.54 Å². The molecule has 1 aromatic heterocycles. The van der Waals surface area contributed by atoms with E-state index in [1.165, 1.54) is 4.57 Å². The summed E-state index contributed by atoms with van der Waals surface area (Å²) in [6.45, 7) is 2.14. The molecule has 2 aliphatic rings. The van der Waals surface area contributed by atoms with Gasteiger partial charge in [0.15, 0.2) is 0 Å². The third-order valence-electron chi connectivity index (χ3n) is 5.51. The van der Waals surface area contributed by atoms with E-state index < -0.39 is 23.6 Å². The molecule has 0 saturated heterocycles. The van der Waals surface area contributed by atoms with Crippen LogP contribution in [0.25, 0.3) is 0 Å². The molecule has 5 nitrogen and oxygen atoms in total. The molecule has 1 saturated carbocycles. The highest BCUT2D eigenvalue weighted by atomic mass is 19.4. The summed E-state index contributed by atoms with van der Waals surface area (Å²) in [6, 6.07) is 4.75. The highest BCUT2D eigenvalue weighted by Gasteiger charge is 2.40. The lowest BCUT2D eigenvalue weighted by Crippen LogP contribution is -2.44. The van der Waals surface area contributed by atoms with E-state index in [0.29, 0.717) is 37.4 Å². The van der Waals surface area contributed by atoms with Gasteiger partial charge in [0.1, 0.15) is 17.5 Å². The quantitative estimate of drug-likeness (QED) is 0.759. The number of nitrogens with zero attached hydrogens (tertiary/aromatic N) is 4. The van der Waals surface area contributed by atoms with E-state index >= 15 is 0 Å². The van der Waals surface area contributed by atoms with Crippen molar-refractivity contribution in [1.29, 1.82) is 0 Å². The molecule has 29 heavy (non-hydrogen) atoms. The minimum Gasteiger partial charge on any atom is -0.330 e. The molecule has 1 aliphatic heterocycles. The number of alkyl halides is 3. The van der Waals surface area contributed by atoms with Gasteiger partial charge >= 0.3 is 6.18 Å². The number of halogens is 5. The van der Waals surface area contributed by atoms with Gasteiger partial charge in [-0.05, 0) is 62.4 Å². The second kappa shape index (κ2) is 9.17. The first-order valence-corrected chi connectivity index (χ1v) is 9.62. The number of fused-ring (bicyclic) bond motifs is 1. The number of hydrogen-bond donors (Lipinski definition) is 1. The van der Waals surface area contributed by atoms with Gasteiger partial charge in [-0.25, -0.2) is 8.78 Å². The first-order chi connectivity index (χ1) is 13.8. The Morgan fingerprint density at radius 2 is 1.52 bits per heavy atom. The predicted octanol–water partition coefficient (Wildman–Crippen LogP) is 3.59. The van der Waals surface area contributed by atoms with Crippen molar-refractivity contribution in [3.63, 3.8) is 0 Å². The summed E-state index contributed by atoms with van der Waals surface area (Å²) in [4.78, 5) is 2.25. The second-order valence-corrected chi connectivity index (χ2v) is 7.41. The van der Waals surface area contributed by atoms with E-state index in [-0.39, 0.29) is 0 Å². The number of rotatable bonds is 2. The largest absolute Gasteiger partial charge is 0.451 e. The number of benzene rings is 1.